The zero-order chi connectivity index (χ0) is 11.8. The van der Waals surface area contributed by atoms with Crippen molar-refractivity contribution in [1.82, 2.24) is 7.42 Å². The van der Waals surface area contributed by atoms with Crippen LogP contribution in [0.2, 0.25) is 0 Å². The summed E-state index contributed by atoms with van der Waals surface area (Å²) in [6.07, 6.45) is 7.17. The van der Waals surface area contributed by atoms with E-state index in [1.54, 1.807) is 25.0 Å². The van der Waals surface area contributed by atoms with Crippen molar-refractivity contribution in [2.75, 3.05) is 25.0 Å². The monoisotopic (exact) mass is 304 g/mol. The maximum Gasteiger partial charge on any atom is 0.311 e. The van der Waals surface area contributed by atoms with E-state index >= 15 is 0 Å². The van der Waals surface area contributed by atoms with Crippen LogP contribution in [-0.4, -0.2) is 42.9 Å². The standard InChI is InChI=1S/C6H12N2O2S5/c1-11-7(12-2)5(9)15-6(10)8(13-3)14-4/h1-4H3. The van der Waals surface area contributed by atoms with E-state index in [-0.39, 0.29) is 10.5 Å². The van der Waals surface area contributed by atoms with Gasteiger partial charge in [-0.2, -0.15) is 0 Å². The first-order valence-corrected chi connectivity index (χ1v) is 9.17. The number of hydrogen-bond donors (Lipinski definition) is 0. The van der Waals surface area contributed by atoms with Gasteiger partial charge in [-0.05, 0) is 47.8 Å². The van der Waals surface area contributed by atoms with Crippen LogP contribution >= 0.6 is 59.6 Å². The van der Waals surface area contributed by atoms with Gasteiger partial charge in [0.25, 0.3) is 0 Å². The number of nitrogens with zero attached hydrogens (tertiary/aromatic N) is 2. The summed E-state index contributed by atoms with van der Waals surface area (Å²) in [5.41, 5.74) is 0. The number of thioether (sulfide) groups is 1. The topological polar surface area (TPSA) is 40.6 Å². The van der Waals surface area contributed by atoms with E-state index in [0.717, 1.165) is 0 Å². The van der Waals surface area contributed by atoms with E-state index in [0.29, 0.717) is 11.8 Å². The van der Waals surface area contributed by atoms with Gasteiger partial charge in [-0.25, -0.2) is 7.42 Å². The third kappa shape index (κ3) is 5.53. The average Bonchev–Trinajstić information content (AvgIpc) is 2.21. The molecule has 0 N–H and O–H groups in total. The predicted molar refractivity (Wildman–Crippen MR) is 76.1 cm³/mol. The fourth-order valence-corrected chi connectivity index (χ4v) is 4.03. The molecule has 0 aromatic heterocycles. The summed E-state index contributed by atoms with van der Waals surface area (Å²) in [6.45, 7) is 0. The van der Waals surface area contributed by atoms with Crippen LogP contribution in [0, 0.1) is 0 Å². The molecule has 0 spiro atoms. The third-order valence-corrected chi connectivity index (χ3v) is 6.09. The Morgan fingerprint density at radius 2 is 1.00 bits per heavy atom. The normalized spacial score (nSPS) is 9.87. The van der Waals surface area contributed by atoms with Crippen molar-refractivity contribution in [3.63, 3.8) is 0 Å². The molecule has 4 nitrogen and oxygen atoms in total. The van der Waals surface area contributed by atoms with Gasteiger partial charge in [-0.3, -0.25) is 9.59 Å². The molecule has 0 heterocycles. The molecule has 0 aliphatic carbocycles. The van der Waals surface area contributed by atoms with Crippen molar-refractivity contribution in [3.8, 4) is 0 Å². The number of hydrogen-bond acceptors (Lipinski definition) is 7. The lowest BCUT2D eigenvalue weighted by Crippen LogP contribution is -2.18. The van der Waals surface area contributed by atoms with Crippen molar-refractivity contribution in [3.05, 3.63) is 0 Å². The quantitative estimate of drug-likeness (QED) is 0.734. The molecular weight excluding hydrogens is 292 g/mol. The third-order valence-electron chi connectivity index (χ3n) is 1.14. The van der Waals surface area contributed by atoms with E-state index in [9.17, 15) is 9.59 Å². The molecule has 2 amide bonds. The Labute approximate surface area is 112 Å². The molecule has 0 unspecified atom stereocenters. The zero-order valence-corrected chi connectivity index (χ0v) is 12.8. The summed E-state index contributed by atoms with van der Waals surface area (Å²) in [5, 5.41) is -0.513. The van der Waals surface area contributed by atoms with Crippen molar-refractivity contribution < 1.29 is 9.59 Å². The Morgan fingerprint density at radius 3 is 1.20 bits per heavy atom. The molecule has 15 heavy (non-hydrogen) atoms. The Hall–Kier alpha value is 0.690. The molecule has 0 aromatic rings. The highest BCUT2D eigenvalue weighted by atomic mass is 32.2. The SMILES string of the molecule is CSN(SC)C(=O)SC(=O)N(SC)SC. The first-order chi connectivity index (χ1) is 7.10. The second kappa shape index (κ2) is 8.80. The lowest BCUT2D eigenvalue weighted by molar-refractivity contribution is 0.255. The minimum atomic E-state index is -0.256. The predicted octanol–water partition coefficient (Wildman–Crippen LogP) is 3.68. The maximum atomic E-state index is 11.5. The highest BCUT2D eigenvalue weighted by molar-refractivity contribution is 8.30. The summed E-state index contributed by atoms with van der Waals surface area (Å²) in [7, 11) is 0. The number of amides is 2. The van der Waals surface area contributed by atoms with Gasteiger partial charge in [0.2, 0.25) is 0 Å². The number of carbonyl (C=O) groups excluding carboxylic acids is 2. The largest absolute Gasteiger partial charge is 0.311 e. The molecule has 0 bridgehead atoms. The molecular formula is C6H12N2O2S5. The van der Waals surface area contributed by atoms with Crippen LogP contribution in [0.1, 0.15) is 0 Å². The molecule has 0 aromatic carbocycles. The second-order valence-corrected chi connectivity index (χ2v) is 6.16. The number of rotatable bonds is 4. The average molecular weight is 305 g/mol. The van der Waals surface area contributed by atoms with Gasteiger partial charge in [-0.1, -0.05) is 0 Å². The van der Waals surface area contributed by atoms with Gasteiger partial charge < -0.3 is 0 Å². The first-order valence-electron chi connectivity index (χ1n) is 3.63. The second-order valence-electron chi connectivity index (χ2n) is 1.88. The van der Waals surface area contributed by atoms with Crippen LogP contribution in [-0.2, 0) is 0 Å². The van der Waals surface area contributed by atoms with E-state index in [2.05, 4.69) is 0 Å². The maximum absolute atomic E-state index is 11.5. The minimum Gasteiger partial charge on any atom is -0.259 e. The van der Waals surface area contributed by atoms with Gasteiger partial charge >= 0.3 is 10.5 Å². The van der Waals surface area contributed by atoms with Crippen LogP contribution in [0.25, 0.3) is 0 Å². The Bertz CT molecular complexity index is 198. The fourth-order valence-electron chi connectivity index (χ4n) is 0.596. The van der Waals surface area contributed by atoms with Crippen molar-refractivity contribution >= 4 is 70.0 Å². The van der Waals surface area contributed by atoms with Crippen molar-refractivity contribution in [2.45, 2.75) is 0 Å². The molecule has 0 rings (SSSR count). The van der Waals surface area contributed by atoms with Gasteiger partial charge in [-0.15, -0.1) is 0 Å². The fraction of sp³-hybridized carbons (Fsp3) is 0.667. The first kappa shape index (κ1) is 15.7. The van der Waals surface area contributed by atoms with Crippen molar-refractivity contribution in [2.24, 2.45) is 0 Å². The molecule has 88 valence electrons. The van der Waals surface area contributed by atoms with Crippen LogP contribution in [0.4, 0.5) is 9.59 Å². The van der Waals surface area contributed by atoms with Crippen LogP contribution in [0.15, 0.2) is 0 Å². The van der Waals surface area contributed by atoms with E-state index in [1.807, 2.05) is 0 Å². The molecule has 9 heteroatoms. The van der Waals surface area contributed by atoms with Gasteiger partial charge in [0.1, 0.15) is 0 Å². The van der Waals surface area contributed by atoms with Gasteiger partial charge in [0.15, 0.2) is 0 Å². The summed E-state index contributed by atoms with van der Waals surface area (Å²) in [4.78, 5) is 23.1. The van der Waals surface area contributed by atoms with E-state index in [1.165, 1.54) is 55.2 Å². The lowest BCUT2D eigenvalue weighted by atomic mass is 11.4. The molecule has 0 fully saturated rings. The van der Waals surface area contributed by atoms with Crippen LogP contribution in [0.5, 0.6) is 0 Å². The summed E-state index contributed by atoms with van der Waals surface area (Å²) >= 11 is 5.86. The van der Waals surface area contributed by atoms with Crippen LogP contribution < -0.4 is 0 Å². The molecule has 0 atom stereocenters. The summed E-state index contributed by atoms with van der Waals surface area (Å²) < 4.78 is 2.92. The van der Waals surface area contributed by atoms with Gasteiger partial charge in [0, 0.05) is 36.8 Å². The highest BCUT2D eigenvalue weighted by Gasteiger charge is 2.21. The smallest absolute Gasteiger partial charge is 0.259 e. The molecule has 0 saturated heterocycles. The Morgan fingerprint density at radius 1 is 0.733 bits per heavy atom. The van der Waals surface area contributed by atoms with Gasteiger partial charge in [0.05, 0.1) is 0 Å². The Balaban J connectivity index is 4.21. The van der Waals surface area contributed by atoms with E-state index in [4.69, 9.17) is 0 Å². The van der Waals surface area contributed by atoms with E-state index < -0.39 is 0 Å². The molecule has 0 aliphatic rings. The van der Waals surface area contributed by atoms with Crippen molar-refractivity contribution in [1.29, 1.82) is 0 Å². The Kier molecular flexibility index (Phi) is 9.20. The number of carbonyl (C=O) groups is 2. The summed E-state index contributed by atoms with van der Waals surface area (Å²) in [6, 6.07) is 0. The molecule has 0 saturated carbocycles. The zero-order valence-electron chi connectivity index (χ0n) is 8.75. The highest BCUT2D eigenvalue weighted by Crippen LogP contribution is 2.28. The molecule has 0 radical (unpaired) electrons. The molecule has 0 aliphatic heterocycles. The minimum absolute atomic E-state index is 0.256. The summed E-state index contributed by atoms with van der Waals surface area (Å²) in [5.74, 6) is 0. The van der Waals surface area contributed by atoms with Crippen LogP contribution in [0.3, 0.4) is 0 Å². The lowest BCUT2D eigenvalue weighted by Gasteiger charge is -2.17.